The molecule has 1 aromatic carbocycles. The first-order chi connectivity index (χ1) is 10.7. The maximum absolute atomic E-state index is 12.2. The average Bonchev–Trinajstić information content (AvgIpc) is 2.96. The van der Waals surface area contributed by atoms with E-state index in [1.807, 2.05) is 30.3 Å². The lowest BCUT2D eigenvalue weighted by Gasteiger charge is -2.38. The van der Waals surface area contributed by atoms with E-state index in [1.165, 1.54) is 0 Å². The van der Waals surface area contributed by atoms with E-state index in [1.54, 1.807) is 6.92 Å². The van der Waals surface area contributed by atoms with Crippen LogP contribution in [0.2, 0.25) is 0 Å². The molecule has 2 fully saturated rings. The standard InChI is InChI=1S/C18H22O4/c1-3-20-17(19)13(2)18-12-15(14-8-5-4-6-9-14)22-16(18)10-7-11-21-18/h4-6,8-9,15-16H,2-3,7,10-12H2,1H3/t15?,16?,18-/m1/s1. The molecule has 2 unspecified atom stereocenters. The minimum Gasteiger partial charge on any atom is -0.463 e. The van der Waals surface area contributed by atoms with Crippen LogP contribution >= 0.6 is 0 Å². The lowest BCUT2D eigenvalue weighted by atomic mass is 9.81. The zero-order chi connectivity index (χ0) is 15.6. The van der Waals surface area contributed by atoms with Crippen LogP contribution in [0, 0.1) is 0 Å². The highest BCUT2D eigenvalue weighted by atomic mass is 16.6. The van der Waals surface area contributed by atoms with E-state index in [4.69, 9.17) is 14.2 Å². The van der Waals surface area contributed by atoms with Crippen molar-refractivity contribution in [2.24, 2.45) is 0 Å². The second-order valence-electron chi connectivity index (χ2n) is 5.81. The monoisotopic (exact) mass is 302 g/mol. The van der Waals surface area contributed by atoms with Crippen LogP contribution in [-0.4, -0.2) is 30.9 Å². The predicted molar refractivity (Wildman–Crippen MR) is 82.4 cm³/mol. The first-order valence-electron chi connectivity index (χ1n) is 7.88. The van der Waals surface area contributed by atoms with Crippen molar-refractivity contribution >= 4 is 5.97 Å². The molecule has 2 heterocycles. The summed E-state index contributed by atoms with van der Waals surface area (Å²) in [6, 6.07) is 10.1. The number of rotatable bonds is 4. The van der Waals surface area contributed by atoms with Gasteiger partial charge in [-0.25, -0.2) is 4.79 Å². The Kier molecular flexibility index (Phi) is 4.32. The lowest BCUT2D eigenvalue weighted by molar-refractivity contribution is -0.148. The second-order valence-corrected chi connectivity index (χ2v) is 5.81. The summed E-state index contributed by atoms with van der Waals surface area (Å²) < 4.78 is 17.4. The smallest absolute Gasteiger partial charge is 0.336 e. The van der Waals surface area contributed by atoms with Gasteiger partial charge < -0.3 is 14.2 Å². The number of hydrogen-bond donors (Lipinski definition) is 0. The zero-order valence-electron chi connectivity index (χ0n) is 12.9. The Balaban J connectivity index is 1.87. The molecular formula is C18H22O4. The van der Waals surface area contributed by atoms with Gasteiger partial charge in [0.05, 0.1) is 24.4 Å². The molecule has 0 N–H and O–H groups in total. The Morgan fingerprint density at radius 2 is 2.18 bits per heavy atom. The van der Waals surface area contributed by atoms with Gasteiger partial charge in [0, 0.05) is 13.0 Å². The summed E-state index contributed by atoms with van der Waals surface area (Å²) in [5.74, 6) is -0.383. The Labute approximate surface area is 131 Å². The summed E-state index contributed by atoms with van der Waals surface area (Å²) in [7, 11) is 0. The van der Waals surface area contributed by atoms with E-state index in [9.17, 15) is 4.79 Å². The molecule has 4 heteroatoms. The molecular weight excluding hydrogens is 280 g/mol. The molecule has 2 aliphatic heterocycles. The summed E-state index contributed by atoms with van der Waals surface area (Å²) in [5.41, 5.74) is 0.749. The summed E-state index contributed by atoms with van der Waals surface area (Å²) in [4.78, 5) is 12.2. The van der Waals surface area contributed by atoms with Gasteiger partial charge in [0.2, 0.25) is 0 Å². The molecule has 4 nitrogen and oxygen atoms in total. The number of esters is 1. The van der Waals surface area contributed by atoms with Crippen LogP contribution in [0.3, 0.4) is 0 Å². The van der Waals surface area contributed by atoms with Crippen LogP contribution in [0.1, 0.15) is 37.9 Å². The maximum Gasteiger partial charge on any atom is 0.336 e. The van der Waals surface area contributed by atoms with Crippen molar-refractivity contribution in [1.29, 1.82) is 0 Å². The van der Waals surface area contributed by atoms with Crippen LogP contribution in [0.25, 0.3) is 0 Å². The quantitative estimate of drug-likeness (QED) is 0.633. The fraction of sp³-hybridized carbons (Fsp3) is 0.500. The molecule has 2 saturated heterocycles. The fourth-order valence-electron chi connectivity index (χ4n) is 3.40. The molecule has 22 heavy (non-hydrogen) atoms. The number of carbonyl (C=O) groups excluding carboxylic acids is 1. The third-order valence-corrected chi connectivity index (χ3v) is 4.51. The minimum atomic E-state index is -0.745. The van der Waals surface area contributed by atoms with Gasteiger partial charge >= 0.3 is 5.97 Å². The number of benzene rings is 1. The molecule has 0 aliphatic carbocycles. The summed E-state index contributed by atoms with van der Waals surface area (Å²) >= 11 is 0. The molecule has 118 valence electrons. The van der Waals surface area contributed by atoms with E-state index in [0.717, 1.165) is 18.4 Å². The van der Waals surface area contributed by atoms with Crippen molar-refractivity contribution in [3.05, 3.63) is 48.0 Å². The van der Waals surface area contributed by atoms with E-state index < -0.39 is 5.60 Å². The predicted octanol–water partition coefficient (Wildman–Crippen LogP) is 3.19. The zero-order valence-corrected chi connectivity index (χ0v) is 12.9. The third-order valence-electron chi connectivity index (χ3n) is 4.51. The first-order valence-corrected chi connectivity index (χ1v) is 7.88. The van der Waals surface area contributed by atoms with Gasteiger partial charge in [-0.1, -0.05) is 36.9 Å². The molecule has 3 rings (SSSR count). The van der Waals surface area contributed by atoms with E-state index in [0.29, 0.717) is 25.2 Å². The Morgan fingerprint density at radius 1 is 1.41 bits per heavy atom. The Morgan fingerprint density at radius 3 is 2.91 bits per heavy atom. The lowest BCUT2D eigenvalue weighted by Crippen LogP contribution is -2.48. The normalized spacial score (nSPS) is 30.6. The Bertz CT molecular complexity index is 553. The van der Waals surface area contributed by atoms with Gasteiger partial charge in [0.25, 0.3) is 0 Å². The van der Waals surface area contributed by atoms with Crippen molar-refractivity contribution < 1.29 is 19.0 Å². The number of fused-ring (bicyclic) bond motifs is 1. The molecule has 0 saturated carbocycles. The fourth-order valence-corrected chi connectivity index (χ4v) is 3.40. The van der Waals surface area contributed by atoms with Crippen LogP contribution in [-0.2, 0) is 19.0 Å². The molecule has 0 radical (unpaired) electrons. The van der Waals surface area contributed by atoms with Crippen molar-refractivity contribution in [2.75, 3.05) is 13.2 Å². The Hall–Kier alpha value is -1.65. The first kappa shape index (κ1) is 15.3. The van der Waals surface area contributed by atoms with E-state index >= 15 is 0 Å². The number of carbonyl (C=O) groups is 1. The third kappa shape index (κ3) is 2.57. The second kappa shape index (κ2) is 6.23. The molecule has 1 aromatic rings. The van der Waals surface area contributed by atoms with Gasteiger partial charge in [-0.05, 0) is 25.3 Å². The van der Waals surface area contributed by atoms with E-state index in [-0.39, 0.29) is 18.2 Å². The highest BCUT2D eigenvalue weighted by Crippen LogP contribution is 2.49. The summed E-state index contributed by atoms with van der Waals surface area (Å²) in [5, 5.41) is 0. The van der Waals surface area contributed by atoms with Crippen molar-refractivity contribution in [1.82, 2.24) is 0 Å². The highest BCUT2D eigenvalue weighted by Gasteiger charge is 2.55. The van der Waals surface area contributed by atoms with Crippen LogP contribution < -0.4 is 0 Å². The van der Waals surface area contributed by atoms with Crippen LogP contribution in [0.15, 0.2) is 42.5 Å². The largest absolute Gasteiger partial charge is 0.463 e. The highest BCUT2D eigenvalue weighted by molar-refractivity contribution is 5.90. The number of hydrogen-bond acceptors (Lipinski definition) is 4. The molecule has 2 aliphatic rings. The average molecular weight is 302 g/mol. The maximum atomic E-state index is 12.2. The minimum absolute atomic E-state index is 0.0736. The van der Waals surface area contributed by atoms with Gasteiger partial charge in [-0.15, -0.1) is 0 Å². The topological polar surface area (TPSA) is 44.8 Å². The molecule has 0 aromatic heterocycles. The van der Waals surface area contributed by atoms with Crippen molar-refractivity contribution in [3.63, 3.8) is 0 Å². The van der Waals surface area contributed by atoms with E-state index in [2.05, 4.69) is 6.58 Å². The van der Waals surface area contributed by atoms with Crippen molar-refractivity contribution in [2.45, 2.75) is 44.0 Å². The molecule has 0 spiro atoms. The molecule has 0 amide bonds. The van der Waals surface area contributed by atoms with Crippen molar-refractivity contribution in [3.8, 4) is 0 Å². The molecule has 0 bridgehead atoms. The van der Waals surface area contributed by atoms with Gasteiger partial charge in [-0.2, -0.15) is 0 Å². The molecule has 3 atom stereocenters. The van der Waals surface area contributed by atoms with Gasteiger partial charge in [0.1, 0.15) is 5.60 Å². The van der Waals surface area contributed by atoms with Crippen LogP contribution in [0.4, 0.5) is 0 Å². The summed E-state index contributed by atoms with van der Waals surface area (Å²) in [6.07, 6.45) is 2.21. The SMILES string of the molecule is C=C(C(=O)OCC)[C@]12CC(c3ccccc3)OC1CCCO2. The number of ether oxygens (including phenoxy) is 3. The van der Waals surface area contributed by atoms with Gasteiger partial charge in [-0.3, -0.25) is 0 Å². The van der Waals surface area contributed by atoms with Crippen LogP contribution in [0.5, 0.6) is 0 Å². The van der Waals surface area contributed by atoms with Gasteiger partial charge in [0.15, 0.2) is 0 Å². The summed E-state index contributed by atoms with van der Waals surface area (Å²) in [6.45, 7) is 6.73.